The summed E-state index contributed by atoms with van der Waals surface area (Å²) in [5.41, 5.74) is 0.822. The topological polar surface area (TPSA) is 135 Å². The highest BCUT2D eigenvalue weighted by atomic mass is 32.2. The van der Waals surface area contributed by atoms with Crippen LogP contribution in [0.15, 0.2) is 71.1 Å². The van der Waals surface area contributed by atoms with Gasteiger partial charge < -0.3 is 24.7 Å². The smallest absolute Gasteiger partial charge is 0.258 e. The predicted molar refractivity (Wildman–Crippen MR) is 132 cm³/mol. The maximum atomic E-state index is 12.7. The lowest BCUT2D eigenvalue weighted by molar-refractivity contribution is 0.0911. The zero-order chi connectivity index (χ0) is 24.8. The van der Waals surface area contributed by atoms with E-state index in [0.29, 0.717) is 51.3 Å². The van der Waals surface area contributed by atoms with E-state index in [9.17, 15) is 14.7 Å². The molecule has 11 heteroatoms. The molecule has 3 N–H and O–H groups in total. The number of amides is 1. The number of thioether (sulfide) groups is 1. The normalized spacial score (nSPS) is 11.8. The lowest BCUT2D eigenvalue weighted by Gasteiger charge is -2.17. The minimum atomic E-state index is -0.787. The van der Waals surface area contributed by atoms with E-state index < -0.39 is 6.04 Å². The van der Waals surface area contributed by atoms with Crippen molar-refractivity contribution in [2.45, 2.75) is 23.5 Å². The molecule has 0 aliphatic heterocycles. The fourth-order valence-electron chi connectivity index (χ4n) is 3.48. The number of allylic oxidation sites excluding steroid dienone is 1. The van der Waals surface area contributed by atoms with E-state index in [2.05, 4.69) is 32.1 Å². The van der Waals surface area contributed by atoms with Crippen molar-refractivity contribution in [3.8, 4) is 5.75 Å². The lowest BCUT2D eigenvalue weighted by atomic mass is 10.2. The van der Waals surface area contributed by atoms with Crippen LogP contribution in [-0.2, 0) is 12.3 Å². The molecular weight excluding hydrogens is 468 g/mol. The van der Waals surface area contributed by atoms with Gasteiger partial charge in [-0.2, -0.15) is 0 Å². The number of nitrogens with one attached hydrogen (secondary N) is 2. The number of H-pyrrole nitrogens is 1. The number of aromatic nitrogens is 5. The van der Waals surface area contributed by atoms with Crippen LogP contribution in [0.1, 0.15) is 28.0 Å². The average Bonchev–Trinajstić information content (AvgIpc) is 3.28. The molecule has 0 aliphatic carbocycles. The lowest BCUT2D eigenvalue weighted by Crippen LogP contribution is -2.33. The molecule has 2 heterocycles. The molecule has 0 spiro atoms. The fraction of sp³-hybridized carbons (Fsp3) is 0.208. The molecule has 35 heavy (non-hydrogen) atoms. The van der Waals surface area contributed by atoms with Crippen LogP contribution in [0.25, 0.3) is 10.9 Å². The molecule has 4 aromatic rings. The van der Waals surface area contributed by atoms with Crippen LogP contribution < -0.4 is 15.6 Å². The molecule has 2 aromatic carbocycles. The van der Waals surface area contributed by atoms with Crippen molar-refractivity contribution in [3.05, 3.63) is 88.8 Å². The number of methoxy groups -OCH3 is 1. The highest BCUT2D eigenvalue weighted by Gasteiger charge is 2.23. The van der Waals surface area contributed by atoms with Gasteiger partial charge in [0.15, 0.2) is 11.0 Å². The summed E-state index contributed by atoms with van der Waals surface area (Å²) in [5.74, 6) is 1.50. The Morgan fingerprint density at radius 1 is 1.26 bits per heavy atom. The maximum Gasteiger partial charge on any atom is 0.258 e. The van der Waals surface area contributed by atoms with Gasteiger partial charge in [0.2, 0.25) is 0 Å². The van der Waals surface area contributed by atoms with Crippen LogP contribution in [0.3, 0.4) is 0 Å². The second-order valence-electron chi connectivity index (χ2n) is 7.50. The van der Waals surface area contributed by atoms with Gasteiger partial charge in [0.05, 0.1) is 30.4 Å². The molecule has 0 unspecified atom stereocenters. The van der Waals surface area contributed by atoms with Crippen LogP contribution in [0.4, 0.5) is 0 Å². The quantitative estimate of drug-likeness (QED) is 0.227. The van der Waals surface area contributed by atoms with Gasteiger partial charge in [-0.05, 0) is 36.4 Å². The monoisotopic (exact) mass is 492 g/mol. The van der Waals surface area contributed by atoms with Crippen molar-refractivity contribution >= 4 is 28.6 Å². The number of carbonyl (C=O) groups is 1. The second kappa shape index (κ2) is 11.0. The number of ether oxygens (including phenoxy) is 1. The standard InChI is InChI=1S/C24H24N6O4S/c1-3-12-30-21(19(13-31)26-22(32)15-8-10-16(34-2)11-9-15)28-29-24(30)35-14-20-25-18-7-5-4-6-17(18)23(33)27-20/h3-11,19,31H,1,12-14H2,2H3,(H,26,32)(H,25,27,33)/t19-/m1/s1. The maximum absolute atomic E-state index is 12.7. The highest BCUT2D eigenvalue weighted by Crippen LogP contribution is 2.24. The number of hydrogen-bond acceptors (Lipinski definition) is 8. The molecule has 0 bridgehead atoms. The molecule has 2 aromatic heterocycles. The molecule has 0 saturated carbocycles. The third-order valence-electron chi connectivity index (χ3n) is 5.21. The fourth-order valence-corrected chi connectivity index (χ4v) is 4.30. The summed E-state index contributed by atoms with van der Waals surface area (Å²) in [6.45, 7) is 3.77. The largest absolute Gasteiger partial charge is 0.497 e. The molecule has 180 valence electrons. The van der Waals surface area contributed by atoms with Crippen LogP contribution in [0.5, 0.6) is 5.75 Å². The van der Waals surface area contributed by atoms with E-state index in [-0.39, 0.29) is 18.1 Å². The third-order valence-corrected chi connectivity index (χ3v) is 6.19. The molecule has 0 aliphatic rings. The van der Waals surface area contributed by atoms with Crippen LogP contribution in [-0.4, -0.2) is 49.5 Å². The first kappa shape index (κ1) is 24.2. The Balaban J connectivity index is 1.53. The van der Waals surface area contributed by atoms with Gasteiger partial charge in [0.1, 0.15) is 17.6 Å². The Labute approximate surface area is 205 Å². The van der Waals surface area contributed by atoms with Gasteiger partial charge in [-0.15, -0.1) is 16.8 Å². The molecule has 10 nitrogen and oxygen atoms in total. The Morgan fingerprint density at radius 3 is 2.74 bits per heavy atom. The molecule has 1 atom stereocenters. The predicted octanol–water partition coefficient (Wildman–Crippen LogP) is 2.46. The van der Waals surface area contributed by atoms with Crippen LogP contribution in [0.2, 0.25) is 0 Å². The van der Waals surface area contributed by atoms with Crippen LogP contribution >= 0.6 is 11.8 Å². The highest BCUT2D eigenvalue weighted by molar-refractivity contribution is 7.98. The number of aliphatic hydroxyl groups excluding tert-OH is 1. The van der Waals surface area contributed by atoms with E-state index >= 15 is 0 Å². The van der Waals surface area contributed by atoms with Crippen molar-refractivity contribution < 1.29 is 14.6 Å². The minimum absolute atomic E-state index is 0.207. The van der Waals surface area contributed by atoms with Crippen molar-refractivity contribution in [1.29, 1.82) is 0 Å². The summed E-state index contributed by atoms with van der Waals surface area (Å²) in [7, 11) is 1.55. The zero-order valence-corrected chi connectivity index (χ0v) is 19.8. The number of fused-ring (bicyclic) bond motifs is 1. The van der Waals surface area contributed by atoms with Gasteiger partial charge in [-0.25, -0.2) is 4.98 Å². The summed E-state index contributed by atoms with van der Waals surface area (Å²) >= 11 is 1.33. The van der Waals surface area contributed by atoms with Gasteiger partial charge in [-0.3, -0.25) is 9.59 Å². The number of aromatic amines is 1. The van der Waals surface area contributed by atoms with Crippen molar-refractivity contribution in [3.63, 3.8) is 0 Å². The first-order chi connectivity index (χ1) is 17.0. The molecule has 1 amide bonds. The molecular formula is C24H24N6O4S. The van der Waals surface area contributed by atoms with Crippen molar-refractivity contribution in [1.82, 2.24) is 30.0 Å². The van der Waals surface area contributed by atoms with Crippen LogP contribution in [0, 0.1) is 0 Å². The molecule has 0 fully saturated rings. The number of para-hydroxylation sites is 1. The van der Waals surface area contributed by atoms with Gasteiger partial charge >= 0.3 is 0 Å². The van der Waals surface area contributed by atoms with Gasteiger partial charge in [-0.1, -0.05) is 30.0 Å². The van der Waals surface area contributed by atoms with E-state index in [0.717, 1.165) is 0 Å². The summed E-state index contributed by atoms with van der Waals surface area (Å²) in [6, 6.07) is 13.0. The van der Waals surface area contributed by atoms with E-state index in [1.807, 2.05) is 6.07 Å². The zero-order valence-electron chi connectivity index (χ0n) is 19.0. The summed E-state index contributed by atoms with van der Waals surface area (Å²) in [6.07, 6.45) is 1.67. The first-order valence-corrected chi connectivity index (χ1v) is 11.7. The Kier molecular flexibility index (Phi) is 7.58. The SMILES string of the molecule is C=CCn1c(SCc2nc3ccccc3c(=O)[nH]2)nnc1[C@@H](CO)NC(=O)c1ccc(OC)cc1. The van der Waals surface area contributed by atoms with E-state index in [1.165, 1.54) is 11.8 Å². The van der Waals surface area contributed by atoms with E-state index in [1.54, 1.807) is 60.2 Å². The first-order valence-electron chi connectivity index (χ1n) is 10.7. The minimum Gasteiger partial charge on any atom is -0.497 e. The number of benzene rings is 2. The van der Waals surface area contributed by atoms with Gasteiger partial charge in [0.25, 0.3) is 11.5 Å². The summed E-state index contributed by atoms with van der Waals surface area (Å²) in [5, 5.41) is 22.3. The Bertz CT molecular complexity index is 1400. The Hall–Kier alpha value is -3.96. The average molecular weight is 493 g/mol. The molecule has 0 radical (unpaired) electrons. The number of nitrogens with zero attached hydrogens (tertiary/aromatic N) is 4. The number of aliphatic hydroxyl groups is 1. The van der Waals surface area contributed by atoms with E-state index in [4.69, 9.17) is 4.74 Å². The van der Waals surface area contributed by atoms with Crippen molar-refractivity contribution in [2.75, 3.05) is 13.7 Å². The second-order valence-corrected chi connectivity index (χ2v) is 8.44. The molecule has 0 saturated heterocycles. The van der Waals surface area contributed by atoms with Crippen molar-refractivity contribution in [2.24, 2.45) is 0 Å². The van der Waals surface area contributed by atoms with Gasteiger partial charge in [0, 0.05) is 12.1 Å². The summed E-state index contributed by atoms with van der Waals surface area (Å²) in [4.78, 5) is 32.4. The Morgan fingerprint density at radius 2 is 2.03 bits per heavy atom. The number of rotatable bonds is 10. The third kappa shape index (κ3) is 5.42. The number of carbonyl (C=O) groups excluding carboxylic acids is 1. The number of hydrogen-bond donors (Lipinski definition) is 3. The molecule has 4 rings (SSSR count). The summed E-state index contributed by atoms with van der Waals surface area (Å²) < 4.78 is 6.88.